The Morgan fingerprint density at radius 1 is 1.50 bits per heavy atom. The fourth-order valence-electron chi connectivity index (χ4n) is 0.955. The van der Waals surface area contributed by atoms with Crippen LogP contribution in [0.5, 0.6) is 0 Å². The number of carbonyl (C=O) groups excluding carboxylic acids is 1. The minimum absolute atomic E-state index is 0.110. The molecule has 1 saturated heterocycles. The Bertz CT molecular complexity index is 214. The van der Waals surface area contributed by atoms with Gasteiger partial charge in [0.15, 0.2) is 0 Å². The van der Waals surface area contributed by atoms with Crippen molar-refractivity contribution in [2.24, 2.45) is 0 Å². The van der Waals surface area contributed by atoms with Gasteiger partial charge in [-0.05, 0) is 6.42 Å². The molecule has 1 aliphatic heterocycles. The van der Waals surface area contributed by atoms with E-state index in [1.807, 2.05) is 0 Å². The summed E-state index contributed by atoms with van der Waals surface area (Å²) in [6, 6.07) is 0. The summed E-state index contributed by atoms with van der Waals surface area (Å²) in [7, 11) is 0. The number of carbonyl (C=O) groups is 2. The van der Waals surface area contributed by atoms with Crippen LogP contribution in [0.2, 0.25) is 0 Å². The molecule has 0 radical (unpaired) electrons. The van der Waals surface area contributed by atoms with Crippen molar-refractivity contribution in [1.82, 2.24) is 5.32 Å². The molecule has 0 aromatic heterocycles. The van der Waals surface area contributed by atoms with E-state index in [9.17, 15) is 9.59 Å². The molecular formula is C8H13NO5. The third-order valence-corrected chi connectivity index (χ3v) is 1.78. The topological polar surface area (TPSA) is 84.9 Å². The Hall–Kier alpha value is -1.14. The molecule has 0 bridgehead atoms. The molecule has 14 heavy (non-hydrogen) atoms. The lowest BCUT2D eigenvalue weighted by Gasteiger charge is -2.26. The van der Waals surface area contributed by atoms with E-state index in [-0.39, 0.29) is 18.6 Å². The highest BCUT2D eigenvalue weighted by Crippen LogP contribution is 2.08. The van der Waals surface area contributed by atoms with Crippen molar-refractivity contribution in [1.29, 1.82) is 0 Å². The lowest BCUT2D eigenvalue weighted by Crippen LogP contribution is -2.41. The minimum atomic E-state index is -1.08. The zero-order valence-electron chi connectivity index (χ0n) is 7.69. The van der Waals surface area contributed by atoms with Crippen molar-refractivity contribution < 1.29 is 24.2 Å². The SMILES string of the molecule is O=C(O)COCC(=O)NCC1CCO1. The maximum Gasteiger partial charge on any atom is 0.329 e. The van der Waals surface area contributed by atoms with Gasteiger partial charge in [-0.15, -0.1) is 0 Å². The van der Waals surface area contributed by atoms with Crippen molar-refractivity contribution >= 4 is 11.9 Å². The van der Waals surface area contributed by atoms with Crippen LogP contribution < -0.4 is 5.32 Å². The number of carboxylic acids is 1. The fourth-order valence-corrected chi connectivity index (χ4v) is 0.955. The highest BCUT2D eigenvalue weighted by atomic mass is 16.5. The number of rotatable bonds is 6. The number of ether oxygens (including phenoxy) is 2. The highest BCUT2D eigenvalue weighted by Gasteiger charge is 2.18. The number of carboxylic acid groups (broad SMARTS) is 1. The van der Waals surface area contributed by atoms with Crippen molar-refractivity contribution in [3.05, 3.63) is 0 Å². The van der Waals surface area contributed by atoms with Crippen LogP contribution in [0.3, 0.4) is 0 Å². The van der Waals surface area contributed by atoms with Gasteiger partial charge in [0, 0.05) is 13.2 Å². The van der Waals surface area contributed by atoms with Gasteiger partial charge < -0.3 is 19.9 Å². The first-order chi connectivity index (χ1) is 6.68. The molecule has 1 aliphatic rings. The molecule has 0 saturated carbocycles. The zero-order valence-corrected chi connectivity index (χ0v) is 7.69. The van der Waals surface area contributed by atoms with E-state index < -0.39 is 12.6 Å². The first-order valence-electron chi connectivity index (χ1n) is 4.36. The second-order valence-electron chi connectivity index (χ2n) is 2.97. The van der Waals surface area contributed by atoms with Crippen molar-refractivity contribution in [3.63, 3.8) is 0 Å². The van der Waals surface area contributed by atoms with Crippen LogP contribution in [0.1, 0.15) is 6.42 Å². The highest BCUT2D eigenvalue weighted by molar-refractivity contribution is 5.77. The second-order valence-corrected chi connectivity index (χ2v) is 2.97. The van der Waals surface area contributed by atoms with Gasteiger partial charge in [-0.1, -0.05) is 0 Å². The summed E-state index contributed by atoms with van der Waals surface area (Å²) >= 11 is 0. The van der Waals surface area contributed by atoms with E-state index in [1.165, 1.54) is 0 Å². The summed E-state index contributed by atoms with van der Waals surface area (Å²) in [6.45, 7) is 0.539. The van der Waals surface area contributed by atoms with Gasteiger partial charge in [0.2, 0.25) is 5.91 Å². The lowest BCUT2D eigenvalue weighted by atomic mass is 10.2. The van der Waals surface area contributed by atoms with Crippen LogP contribution in [0, 0.1) is 0 Å². The van der Waals surface area contributed by atoms with Gasteiger partial charge in [-0.2, -0.15) is 0 Å². The normalized spacial score (nSPS) is 19.9. The molecular weight excluding hydrogens is 190 g/mol. The Labute approximate surface area is 81.2 Å². The number of amides is 1. The Balaban J connectivity index is 1.95. The fraction of sp³-hybridized carbons (Fsp3) is 0.750. The smallest absolute Gasteiger partial charge is 0.329 e. The second kappa shape index (κ2) is 5.56. The maximum absolute atomic E-state index is 11.0. The molecule has 1 atom stereocenters. The Morgan fingerprint density at radius 3 is 2.71 bits per heavy atom. The molecule has 1 rings (SSSR count). The first-order valence-corrected chi connectivity index (χ1v) is 4.36. The lowest BCUT2D eigenvalue weighted by molar-refractivity contribution is -0.143. The molecule has 0 spiro atoms. The standard InChI is InChI=1S/C8H13NO5/c10-7(4-13-5-8(11)12)9-3-6-1-2-14-6/h6H,1-5H2,(H,9,10)(H,11,12). The summed E-state index contributed by atoms with van der Waals surface area (Å²) in [4.78, 5) is 21.0. The van der Waals surface area contributed by atoms with E-state index in [4.69, 9.17) is 9.84 Å². The van der Waals surface area contributed by atoms with E-state index in [0.717, 1.165) is 13.0 Å². The van der Waals surface area contributed by atoms with Gasteiger partial charge in [0.1, 0.15) is 13.2 Å². The molecule has 6 nitrogen and oxygen atoms in total. The number of hydrogen-bond acceptors (Lipinski definition) is 4. The van der Waals surface area contributed by atoms with E-state index in [1.54, 1.807) is 0 Å². The van der Waals surface area contributed by atoms with Gasteiger partial charge in [0.25, 0.3) is 0 Å². The molecule has 1 unspecified atom stereocenters. The maximum atomic E-state index is 11.0. The third-order valence-electron chi connectivity index (χ3n) is 1.78. The van der Waals surface area contributed by atoms with Crippen LogP contribution in [-0.2, 0) is 19.1 Å². The molecule has 1 fully saturated rings. The molecule has 6 heteroatoms. The Kier molecular flexibility index (Phi) is 4.34. The van der Waals surface area contributed by atoms with Crippen molar-refractivity contribution in [2.45, 2.75) is 12.5 Å². The first kappa shape index (κ1) is 10.9. The molecule has 2 N–H and O–H groups in total. The zero-order chi connectivity index (χ0) is 10.4. The molecule has 80 valence electrons. The third kappa shape index (κ3) is 4.20. The van der Waals surface area contributed by atoms with Gasteiger partial charge in [-0.25, -0.2) is 4.79 Å². The van der Waals surface area contributed by atoms with E-state index in [2.05, 4.69) is 10.1 Å². The summed E-state index contributed by atoms with van der Waals surface area (Å²) in [6.07, 6.45) is 1.06. The van der Waals surface area contributed by atoms with Crippen LogP contribution in [0.4, 0.5) is 0 Å². The monoisotopic (exact) mass is 203 g/mol. The van der Waals surface area contributed by atoms with E-state index >= 15 is 0 Å². The quantitative estimate of drug-likeness (QED) is 0.578. The summed E-state index contributed by atoms with van der Waals surface area (Å²) in [5.74, 6) is -1.40. The predicted octanol–water partition coefficient (Wildman–Crippen LogP) is -1.01. The van der Waals surface area contributed by atoms with Crippen LogP contribution in [0.25, 0.3) is 0 Å². The summed E-state index contributed by atoms with van der Waals surface area (Å²) < 4.78 is 9.66. The number of nitrogens with one attached hydrogen (secondary N) is 1. The molecule has 1 amide bonds. The molecule has 0 aromatic carbocycles. The van der Waals surface area contributed by atoms with Gasteiger partial charge in [-0.3, -0.25) is 4.79 Å². The summed E-state index contributed by atoms with van der Waals surface area (Å²) in [5.41, 5.74) is 0. The number of aliphatic carboxylic acids is 1. The average molecular weight is 203 g/mol. The van der Waals surface area contributed by atoms with Crippen LogP contribution in [0.15, 0.2) is 0 Å². The van der Waals surface area contributed by atoms with Crippen molar-refractivity contribution in [3.8, 4) is 0 Å². The largest absolute Gasteiger partial charge is 0.480 e. The number of hydrogen-bond donors (Lipinski definition) is 2. The summed E-state index contributed by atoms with van der Waals surface area (Å²) in [5, 5.41) is 10.8. The molecule has 0 aromatic rings. The molecule has 0 aliphatic carbocycles. The van der Waals surface area contributed by atoms with Gasteiger partial charge in [0.05, 0.1) is 6.10 Å². The predicted molar refractivity (Wildman–Crippen MR) is 45.8 cm³/mol. The minimum Gasteiger partial charge on any atom is -0.480 e. The van der Waals surface area contributed by atoms with Gasteiger partial charge >= 0.3 is 5.97 Å². The van der Waals surface area contributed by atoms with Crippen LogP contribution in [-0.4, -0.2) is 49.5 Å². The molecule has 1 heterocycles. The average Bonchev–Trinajstić information content (AvgIpc) is 2.00. The Morgan fingerprint density at radius 2 is 2.21 bits per heavy atom. The van der Waals surface area contributed by atoms with Crippen LogP contribution >= 0.6 is 0 Å². The van der Waals surface area contributed by atoms with Crippen molar-refractivity contribution in [2.75, 3.05) is 26.4 Å². The van der Waals surface area contributed by atoms with E-state index in [0.29, 0.717) is 6.54 Å².